The van der Waals surface area contributed by atoms with Gasteiger partial charge in [-0.1, -0.05) is 0 Å². The highest BCUT2D eigenvalue weighted by molar-refractivity contribution is 5.94. The second-order valence-electron chi connectivity index (χ2n) is 3.61. The third kappa shape index (κ3) is 2.93. The summed E-state index contributed by atoms with van der Waals surface area (Å²) in [6.45, 7) is 4.14. The number of anilines is 1. The molecule has 0 aliphatic carbocycles. The van der Waals surface area contributed by atoms with Gasteiger partial charge in [0.25, 0.3) is 0 Å². The molecule has 1 aromatic rings. The lowest BCUT2D eigenvalue weighted by Gasteiger charge is -2.11. The first-order chi connectivity index (χ1) is 7.56. The van der Waals surface area contributed by atoms with E-state index in [2.05, 4.69) is 10.3 Å². The Kier molecular flexibility index (Phi) is 4.25. The molecule has 0 spiro atoms. The topological polar surface area (TPSA) is 82.5 Å². The summed E-state index contributed by atoms with van der Waals surface area (Å²) in [6, 6.07) is 1.74. The van der Waals surface area contributed by atoms with Crippen LogP contribution in [0.15, 0.2) is 6.07 Å². The van der Waals surface area contributed by atoms with Crippen LogP contribution in [0.3, 0.4) is 0 Å². The fourth-order valence-electron chi connectivity index (χ4n) is 1.52. The Hall–Kier alpha value is -1.62. The number of rotatable bonds is 5. The summed E-state index contributed by atoms with van der Waals surface area (Å²) in [6.07, 6.45) is 0.563. The average molecular weight is 224 g/mol. The maximum absolute atomic E-state index is 11.1. The lowest BCUT2D eigenvalue weighted by atomic mass is 10.1. The van der Waals surface area contributed by atoms with Crippen molar-refractivity contribution in [1.82, 2.24) is 4.98 Å². The Bertz CT molecular complexity index is 391. The van der Waals surface area contributed by atoms with Gasteiger partial charge in [-0.15, -0.1) is 0 Å². The molecule has 88 valence electrons. The van der Waals surface area contributed by atoms with Gasteiger partial charge in [0, 0.05) is 18.8 Å². The first kappa shape index (κ1) is 12.4. The van der Waals surface area contributed by atoms with Gasteiger partial charge in [0.1, 0.15) is 11.4 Å². The van der Waals surface area contributed by atoms with E-state index >= 15 is 0 Å². The molecule has 0 saturated heterocycles. The number of pyridine rings is 1. The predicted octanol–water partition coefficient (Wildman–Crippen LogP) is 1.19. The monoisotopic (exact) mass is 224 g/mol. The molecule has 5 nitrogen and oxygen atoms in total. The normalized spacial score (nSPS) is 10.2. The van der Waals surface area contributed by atoms with Gasteiger partial charge < -0.3 is 15.5 Å². The van der Waals surface area contributed by atoms with Gasteiger partial charge in [-0.3, -0.25) is 0 Å². The molecule has 1 aromatic heterocycles. The second kappa shape index (κ2) is 5.46. The molecule has 0 atom stereocenters. The lowest BCUT2D eigenvalue weighted by molar-refractivity contribution is 0.0697. The van der Waals surface area contributed by atoms with E-state index in [1.807, 2.05) is 6.92 Å². The Labute approximate surface area is 94.1 Å². The summed E-state index contributed by atoms with van der Waals surface area (Å²) >= 11 is 0. The van der Waals surface area contributed by atoms with Crippen LogP contribution in [-0.4, -0.2) is 34.3 Å². The van der Waals surface area contributed by atoms with Crippen LogP contribution in [0.25, 0.3) is 0 Å². The van der Waals surface area contributed by atoms with E-state index in [4.69, 9.17) is 10.2 Å². The molecule has 0 amide bonds. The van der Waals surface area contributed by atoms with Crippen LogP contribution in [0.4, 0.5) is 5.82 Å². The number of carboxylic acid groups (broad SMARTS) is 1. The number of carbonyl (C=O) groups is 1. The zero-order valence-electron chi connectivity index (χ0n) is 9.45. The summed E-state index contributed by atoms with van der Waals surface area (Å²) in [4.78, 5) is 15.2. The number of hydrogen-bond donors (Lipinski definition) is 3. The zero-order valence-corrected chi connectivity index (χ0v) is 9.45. The molecular formula is C11H16N2O3. The molecule has 16 heavy (non-hydrogen) atoms. The SMILES string of the molecule is Cc1cc(C)c(C(=O)O)c(NCCCO)n1. The summed E-state index contributed by atoms with van der Waals surface area (Å²) in [5.74, 6) is -0.616. The van der Waals surface area contributed by atoms with Crippen LogP contribution in [0.1, 0.15) is 28.0 Å². The molecule has 0 aliphatic heterocycles. The van der Waals surface area contributed by atoms with E-state index in [9.17, 15) is 4.79 Å². The number of aromatic nitrogens is 1. The van der Waals surface area contributed by atoms with Crippen LogP contribution in [0.2, 0.25) is 0 Å². The lowest BCUT2D eigenvalue weighted by Crippen LogP contribution is -2.12. The van der Waals surface area contributed by atoms with Crippen molar-refractivity contribution in [3.8, 4) is 0 Å². The van der Waals surface area contributed by atoms with Crippen LogP contribution in [0, 0.1) is 13.8 Å². The number of nitrogens with zero attached hydrogens (tertiary/aromatic N) is 1. The van der Waals surface area contributed by atoms with Gasteiger partial charge in [-0.2, -0.15) is 0 Å². The summed E-state index contributed by atoms with van der Waals surface area (Å²) < 4.78 is 0. The van der Waals surface area contributed by atoms with Crippen molar-refractivity contribution in [2.24, 2.45) is 0 Å². The number of nitrogens with one attached hydrogen (secondary N) is 1. The molecule has 1 heterocycles. The summed E-state index contributed by atoms with van der Waals surface area (Å²) in [7, 11) is 0. The van der Waals surface area contributed by atoms with E-state index in [1.165, 1.54) is 0 Å². The maximum Gasteiger partial charge on any atom is 0.339 e. The maximum atomic E-state index is 11.1. The standard InChI is InChI=1S/C11H16N2O3/c1-7-6-8(2)13-10(9(7)11(15)16)12-4-3-5-14/h6,14H,3-5H2,1-2H3,(H,12,13)(H,15,16). The molecule has 3 N–H and O–H groups in total. The molecule has 0 aromatic carbocycles. The Morgan fingerprint density at radius 1 is 1.50 bits per heavy atom. The Balaban J connectivity index is 2.99. The van der Waals surface area contributed by atoms with E-state index < -0.39 is 5.97 Å². The molecule has 0 saturated carbocycles. The summed E-state index contributed by atoms with van der Waals surface area (Å²) in [5.41, 5.74) is 1.66. The van der Waals surface area contributed by atoms with Crippen molar-refractivity contribution in [2.45, 2.75) is 20.3 Å². The smallest absolute Gasteiger partial charge is 0.339 e. The molecular weight excluding hydrogens is 208 g/mol. The van der Waals surface area contributed by atoms with E-state index in [1.54, 1.807) is 13.0 Å². The van der Waals surface area contributed by atoms with Crippen molar-refractivity contribution in [3.05, 3.63) is 22.9 Å². The zero-order chi connectivity index (χ0) is 12.1. The molecule has 0 unspecified atom stereocenters. The van der Waals surface area contributed by atoms with Crippen LogP contribution in [-0.2, 0) is 0 Å². The third-order valence-corrected chi connectivity index (χ3v) is 2.19. The van der Waals surface area contributed by atoms with Crippen molar-refractivity contribution < 1.29 is 15.0 Å². The first-order valence-corrected chi connectivity index (χ1v) is 5.12. The number of aliphatic hydroxyl groups excluding tert-OH is 1. The number of carboxylic acids is 1. The molecule has 0 aliphatic rings. The third-order valence-electron chi connectivity index (χ3n) is 2.19. The molecule has 5 heteroatoms. The molecule has 0 bridgehead atoms. The van der Waals surface area contributed by atoms with Gasteiger partial charge in [0.2, 0.25) is 0 Å². The molecule has 0 fully saturated rings. The van der Waals surface area contributed by atoms with E-state index in [0.717, 1.165) is 5.69 Å². The number of aliphatic hydroxyl groups is 1. The largest absolute Gasteiger partial charge is 0.478 e. The highest BCUT2D eigenvalue weighted by Gasteiger charge is 2.14. The number of aryl methyl sites for hydroxylation is 2. The van der Waals surface area contributed by atoms with Gasteiger partial charge >= 0.3 is 5.97 Å². The number of aromatic carboxylic acids is 1. The molecule has 0 radical (unpaired) electrons. The van der Waals surface area contributed by atoms with Crippen molar-refractivity contribution in [3.63, 3.8) is 0 Å². The van der Waals surface area contributed by atoms with Gasteiger partial charge in [0.05, 0.1) is 0 Å². The van der Waals surface area contributed by atoms with E-state index in [0.29, 0.717) is 24.3 Å². The first-order valence-electron chi connectivity index (χ1n) is 5.12. The minimum Gasteiger partial charge on any atom is -0.478 e. The average Bonchev–Trinajstić information content (AvgIpc) is 2.16. The minimum absolute atomic E-state index is 0.0696. The highest BCUT2D eigenvalue weighted by Crippen LogP contribution is 2.18. The van der Waals surface area contributed by atoms with Crippen LogP contribution < -0.4 is 5.32 Å². The minimum atomic E-state index is -0.989. The van der Waals surface area contributed by atoms with Gasteiger partial charge in [-0.05, 0) is 31.9 Å². The Morgan fingerprint density at radius 3 is 2.75 bits per heavy atom. The quantitative estimate of drug-likeness (QED) is 0.654. The van der Waals surface area contributed by atoms with Crippen LogP contribution in [0.5, 0.6) is 0 Å². The van der Waals surface area contributed by atoms with Gasteiger partial charge in [0.15, 0.2) is 0 Å². The van der Waals surface area contributed by atoms with E-state index in [-0.39, 0.29) is 12.2 Å². The number of hydrogen-bond acceptors (Lipinski definition) is 4. The van der Waals surface area contributed by atoms with Crippen molar-refractivity contribution in [1.29, 1.82) is 0 Å². The fraction of sp³-hybridized carbons (Fsp3) is 0.455. The van der Waals surface area contributed by atoms with Crippen LogP contribution >= 0.6 is 0 Å². The fourth-order valence-corrected chi connectivity index (χ4v) is 1.52. The molecule has 1 rings (SSSR count). The Morgan fingerprint density at radius 2 is 2.19 bits per heavy atom. The second-order valence-corrected chi connectivity index (χ2v) is 3.61. The summed E-state index contributed by atoms with van der Waals surface area (Å²) in [5, 5.41) is 20.6. The predicted molar refractivity (Wildman–Crippen MR) is 60.9 cm³/mol. The van der Waals surface area contributed by atoms with Gasteiger partial charge in [-0.25, -0.2) is 9.78 Å². The van der Waals surface area contributed by atoms with Crippen molar-refractivity contribution in [2.75, 3.05) is 18.5 Å². The highest BCUT2D eigenvalue weighted by atomic mass is 16.4. The van der Waals surface area contributed by atoms with Crippen molar-refractivity contribution >= 4 is 11.8 Å².